The molecule has 2 amide bonds. The molecule has 3 aromatic carbocycles. The number of para-hydroxylation sites is 1. The zero-order valence-electron chi connectivity index (χ0n) is 19.8. The molecule has 0 saturated carbocycles. The van der Waals surface area contributed by atoms with E-state index in [4.69, 9.17) is 4.74 Å². The summed E-state index contributed by atoms with van der Waals surface area (Å²) in [5.41, 5.74) is 4.14. The number of amides is 2. The standard InChI is InChI=1S/C28H29N3O3/c1-4-30-24-17-21(12-13-26(24)34-25-11-6-5-10-23(25)28(30)33)27(32)29-14-15-31(20(3)18-29)22-9-7-8-19(2)16-22/h5-13,16-17,20H,4,14-15,18H2,1-3H3/t20-/m0/s1. The molecule has 6 heteroatoms. The Balaban J connectivity index is 1.39. The van der Waals surface area contributed by atoms with E-state index in [2.05, 4.69) is 43.0 Å². The molecular formula is C28H29N3O3. The highest BCUT2D eigenvalue weighted by Gasteiger charge is 2.31. The van der Waals surface area contributed by atoms with Crippen LogP contribution in [0.15, 0.2) is 66.7 Å². The van der Waals surface area contributed by atoms with E-state index in [0.29, 0.717) is 47.9 Å². The molecule has 2 heterocycles. The van der Waals surface area contributed by atoms with Crippen molar-refractivity contribution in [1.29, 1.82) is 0 Å². The molecule has 2 aliphatic heterocycles. The quantitative estimate of drug-likeness (QED) is 0.550. The first-order chi connectivity index (χ1) is 16.5. The second kappa shape index (κ2) is 8.86. The zero-order chi connectivity index (χ0) is 23.8. The van der Waals surface area contributed by atoms with Crippen molar-refractivity contribution in [1.82, 2.24) is 4.90 Å². The SMILES string of the molecule is CCN1C(=O)c2ccccc2Oc2ccc(C(=O)N3CCN(c4cccc(C)c4)[C@@H](C)C3)cc21. The van der Waals surface area contributed by atoms with Gasteiger partial charge in [0.25, 0.3) is 11.8 Å². The van der Waals surface area contributed by atoms with E-state index < -0.39 is 0 Å². The van der Waals surface area contributed by atoms with Crippen molar-refractivity contribution in [3.05, 3.63) is 83.4 Å². The summed E-state index contributed by atoms with van der Waals surface area (Å²) in [6, 6.07) is 21.3. The molecular weight excluding hydrogens is 426 g/mol. The maximum absolute atomic E-state index is 13.5. The Kier molecular flexibility index (Phi) is 5.74. The Bertz CT molecular complexity index is 1260. The Morgan fingerprint density at radius 1 is 1.00 bits per heavy atom. The van der Waals surface area contributed by atoms with E-state index >= 15 is 0 Å². The number of hydrogen-bond donors (Lipinski definition) is 0. The largest absolute Gasteiger partial charge is 0.454 e. The van der Waals surface area contributed by atoms with Crippen LogP contribution in [0.5, 0.6) is 11.5 Å². The highest BCUT2D eigenvalue weighted by atomic mass is 16.5. The number of benzene rings is 3. The fourth-order valence-corrected chi connectivity index (χ4v) is 4.88. The van der Waals surface area contributed by atoms with Gasteiger partial charge in [-0.3, -0.25) is 9.59 Å². The normalized spacial score (nSPS) is 17.6. The van der Waals surface area contributed by atoms with E-state index in [1.807, 2.05) is 24.0 Å². The lowest BCUT2D eigenvalue weighted by molar-refractivity contribution is 0.0726. The van der Waals surface area contributed by atoms with Gasteiger partial charge in [0.2, 0.25) is 0 Å². The number of fused-ring (bicyclic) bond motifs is 2. The van der Waals surface area contributed by atoms with Crippen LogP contribution in [-0.2, 0) is 0 Å². The summed E-state index contributed by atoms with van der Waals surface area (Å²) in [7, 11) is 0. The fraction of sp³-hybridized carbons (Fsp3) is 0.286. The van der Waals surface area contributed by atoms with Crippen molar-refractivity contribution >= 4 is 23.2 Å². The van der Waals surface area contributed by atoms with Crippen LogP contribution in [0.2, 0.25) is 0 Å². The van der Waals surface area contributed by atoms with E-state index in [1.54, 1.807) is 35.2 Å². The van der Waals surface area contributed by atoms with Crippen molar-refractivity contribution in [2.75, 3.05) is 36.0 Å². The topological polar surface area (TPSA) is 53.1 Å². The van der Waals surface area contributed by atoms with Gasteiger partial charge in [0, 0.05) is 43.5 Å². The molecule has 0 radical (unpaired) electrons. The minimum atomic E-state index is -0.123. The molecule has 1 saturated heterocycles. The van der Waals surface area contributed by atoms with Crippen LogP contribution in [0.25, 0.3) is 0 Å². The maximum Gasteiger partial charge on any atom is 0.262 e. The summed E-state index contributed by atoms with van der Waals surface area (Å²) in [5.74, 6) is 0.963. The first kappa shape index (κ1) is 22.0. The average molecular weight is 456 g/mol. The van der Waals surface area contributed by atoms with Gasteiger partial charge in [0.05, 0.1) is 11.3 Å². The van der Waals surface area contributed by atoms with Crippen LogP contribution >= 0.6 is 0 Å². The fourth-order valence-electron chi connectivity index (χ4n) is 4.88. The van der Waals surface area contributed by atoms with Crippen LogP contribution in [0.1, 0.15) is 40.1 Å². The number of anilines is 2. The number of hydrogen-bond acceptors (Lipinski definition) is 4. The summed E-state index contributed by atoms with van der Waals surface area (Å²) in [4.78, 5) is 32.6. The molecule has 0 N–H and O–H groups in total. The van der Waals surface area contributed by atoms with Gasteiger partial charge in [-0.2, -0.15) is 0 Å². The first-order valence-corrected chi connectivity index (χ1v) is 11.8. The highest BCUT2D eigenvalue weighted by Crippen LogP contribution is 2.39. The van der Waals surface area contributed by atoms with E-state index in [1.165, 1.54) is 11.3 Å². The lowest BCUT2D eigenvalue weighted by Crippen LogP contribution is -2.53. The molecule has 0 unspecified atom stereocenters. The van der Waals surface area contributed by atoms with Crippen molar-refractivity contribution in [2.24, 2.45) is 0 Å². The van der Waals surface area contributed by atoms with Crippen molar-refractivity contribution < 1.29 is 14.3 Å². The molecule has 174 valence electrons. The van der Waals surface area contributed by atoms with Crippen molar-refractivity contribution in [3.63, 3.8) is 0 Å². The Morgan fingerprint density at radius 3 is 2.59 bits per heavy atom. The summed E-state index contributed by atoms with van der Waals surface area (Å²) in [5, 5.41) is 0. The van der Waals surface area contributed by atoms with Gasteiger partial charge in [-0.25, -0.2) is 0 Å². The zero-order valence-corrected chi connectivity index (χ0v) is 19.8. The third-order valence-corrected chi connectivity index (χ3v) is 6.64. The number of carbonyl (C=O) groups is 2. The maximum atomic E-state index is 13.5. The lowest BCUT2D eigenvalue weighted by atomic mass is 10.1. The lowest BCUT2D eigenvalue weighted by Gasteiger charge is -2.41. The molecule has 6 nitrogen and oxygen atoms in total. The van der Waals surface area contributed by atoms with Crippen LogP contribution in [0.4, 0.5) is 11.4 Å². The summed E-state index contributed by atoms with van der Waals surface area (Å²) < 4.78 is 6.08. The molecule has 0 spiro atoms. The average Bonchev–Trinajstić information content (AvgIpc) is 2.96. The third kappa shape index (κ3) is 3.89. The van der Waals surface area contributed by atoms with Crippen LogP contribution < -0.4 is 14.5 Å². The molecule has 1 atom stereocenters. The Labute approximate surface area is 200 Å². The second-order valence-electron chi connectivity index (χ2n) is 8.96. The first-order valence-electron chi connectivity index (χ1n) is 11.8. The number of ether oxygens (including phenoxy) is 1. The number of aryl methyl sites for hydroxylation is 1. The minimum Gasteiger partial charge on any atom is -0.454 e. The van der Waals surface area contributed by atoms with Gasteiger partial charge in [-0.05, 0) is 68.8 Å². The van der Waals surface area contributed by atoms with Crippen molar-refractivity contribution in [2.45, 2.75) is 26.8 Å². The second-order valence-corrected chi connectivity index (χ2v) is 8.96. The Hall–Kier alpha value is -3.80. The minimum absolute atomic E-state index is 0.0243. The van der Waals surface area contributed by atoms with E-state index in [9.17, 15) is 9.59 Å². The summed E-state index contributed by atoms with van der Waals surface area (Å²) in [6.45, 7) is 8.72. The van der Waals surface area contributed by atoms with Gasteiger partial charge >= 0.3 is 0 Å². The van der Waals surface area contributed by atoms with Crippen LogP contribution in [-0.4, -0.2) is 48.9 Å². The molecule has 2 aliphatic rings. The predicted molar refractivity (Wildman–Crippen MR) is 134 cm³/mol. The number of piperazine rings is 1. The number of rotatable bonds is 3. The molecule has 0 aliphatic carbocycles. The monoisotopic (exact) mass is 455 g/mol. The van der Waals surface area contributed by atoms with Crippen LogP contribution in [0.3, 0.4) is 0 Å². The molecule has 34 heavy (non-hydrogen) atoms. The predicted octanol–water partition coefficient (Wildman–Crippen LogP) is 5.12. The molecule has 1 fully saturated rings. The smallest absolute Gasteiger partial charge is 0.262 e. The van der Waals surface area contributed by atoms with Gasteiger partial charge in [0.1, 0.15) is 5.75 Å². The van der Waals surface area contributed by atoms with Gasteiger partial charge in [0.15, 0.2) is 5.75 Å². The molecule has 0 bridgehead atoms. The Morgan fingerprint density at radius 2 is 1.82 bits per heavy atom. The van der Waals surface area contributed by atoms with Gasteiger partial charge in [-0.1, -0.05) is 24.3 Å². The van der Waals surface area contributed by atoms with Crippen molar-refractivity contribution in [3.8, 4) is 11.5 Å². The van der Waals surface area contributed by atoms with Gasteiger partial charge in [-0.15, -0.1) is 0 Å². The molecule has 5 rings (SSSR count). The highest BCUT2D eigenvalue weighted by molar-refractivity contribution is 6.10. The van der Waals surface area contributed by atoms with Crippen LogP contribution in [0, 0.1) is 6.92 Å². The third-order valence-electron chi connectivity index (χ3n) is 6.64. The van der Waals surface area contributed by atoms with E-state index in [0.717, 1.165) is 6.54 Å². The van der Waals surface area contributed by atoms with E-state index in [-0.39, 0.29) is 17.9 Å². The number of carbonyl (C=O) groups excluding carboxylic acids is 2. The summed E-state index contributed by atoms with van der Waals surface area (Å²) >= 11 is 0. The molecule has 3 aromatic rings. The molecule has 0 aromatic heterocycles. The van der Waals surface area contributed by atoms with Gasteiger partial charge < -0.3 is 19.4 Å². The summed E-state index contributed by atoms with van der Waals surface area (Å²) in [6.07, 6.45) is 0. The number of nitrogens with zero attached hydrogens (tertiary/aromatic N) is 3.